The van der Waals surface area contributed by atoms with Gasteiger partial charge in [-0.05, 0) is 51.2 Å². The van der Waals surface area contributed by atoms with Crippen LogP contribution < -0.4 is 5.32 Å². The number of carbonyl (C=O) groups is 1. The minimum Gasteiger partial charge on any atom is -0.304 e. The lowest BCUT2D eigenvalue weighted by atomic mass is 9.98. The van der Waals surface area contributed by atoms with Gasteiger partial charge in [-0.3, -0.25) is 9.78 Å². The zero-order valence-electron chi connectivity index (χ0n) is 16.1. The third-order valence-corrected chi connectivity index (χ3v) is 6.07. The summed E-state index contributed by atoms with van der Waals surface area (Å²) >= 11 is 1.61. The Bertz CT molecular complexity index is 941. The predicted octanol–water partition coefficient (Wildman–Crippen LogP) is 5.26. The van der Waals surface area contributed by atoms with Crippen molar-refractivity contribution in [3.05, 3.63) is 45.0 Å². The number of fused-ring (bicyclic) bond motifs is 1. The van der Waals surface area contributed by atoms with Crippen molar-refractivity contribution in [3.8, 4) is 0 Å². The molecular weight excluding hydrogens is 344 g/mol. The number of hydrogen-bond donors (Lipinski definition) is 1. The molecule has 3 aromatic heterocycles. The molecule has 0 saturated heterocycles. The van der Waals surface area contributed by atoms with Gasteiger partial charge >= 0.3 is 0 Å². The molecule has 3 heterocycles. The fourth-order valence-electron chi connectivity index (χ4n) is 3.35. The van der Waals surface area contributed by atoms with E-state index in [1.54, 1.807) is 15.9 Å². The smallest absolute Gasteiger partial charge is 0.267 e. The van der Waals surface area contributed by atoms with E-state index in [0.29, 0.717) is 11.7 Å². The highest BCUT2D eigenvalue weighted by Gasteiger charge is 2.19. The topological polar surface area (TPSA) is 59.3 Å². The van der Waals surface area contributed by atoms with Gasteiger partial charge in [0, 0.05) is 10.9 Å². The quantitative estimate of drug-likeness (QED) is 0.643. The molecule has 0 radical (unpaired) electrons. The third kappa shape index (κ3) is 3.65. The molecule has 1 unspecified atom stereocenters. The van der Waals surface area contributed by atoms with E-state index in [9.17, 15) is 4.79 Å². The van der Waals surface area contributed by atoms with Crippen LogP contribution in [0.1, 0.15) is 70.5 Å². The first-order valence-corrected chi connectivity index (χ1v) is 9.99. The molecule has 1 N–H and O–H groups in total. The molecule has 3 rings (SSSR count). The van der Waals surface area contributed by atoms with Gasteiger partial charge in [-0.25, -0.2) is 4.52 Å². The van der Waals surface area contributed by atoms with Crippen LogP contribution in [0.3, 0.4) is 0 Å². The maximum atomic E-state index is 12.8. The lowest BCUT2D eigenvalue weighted by molar-refractivity contribution is 0.102. The number of aryl methyl sites for hydroxylation is 3. The first kappa shape index (κ1) is 18.6. The van der Waals surface area contributed by atoms with Gasteiger partial charge in [0.1, 0.15) is 0 Å². The van der Waals surface area contributed by atoms with Crippen LogP contribution in [0, 0.1) is 20.8 Å². The molecule has 138 valence electrons. The van der Waals surface area contributed by atoms with Gasteiger partial charge in [-0.2, -0.15) is 0 Å². The average Bonchev–Trinajstić information content (AvgIpc) is 3.16. The normalized spacial score (nSPS) is 12.5. The van der Waals surface area contributed by atoms with E-state index in [-0.39, 0.29) is 5.91 Å². The summed E-state index contributed by atoms with van der Waals surface area (Å²) in [5, 5.41) is 7.42. The van der Waals surface area contributed by atoms with E-state index in [4.69, 9.17) is 0 Å². The lowest BCUT2D eigenvalue weighted by Crippen LogP contribution is -2.11. The second-order valence-electron chi connectivity index (χ2n) is 6.84. The Balaban J connectivity index is 1.84. The van der Waals surface area contributed by atoms with Crippen molar-refractivity contribution in [2.75, 3.05) is 5.32 Å². The summed E-state index contributed by atoms with van der Waals surface area (Å²) in [7, 11) is 0. The van der Waals surface area contributed by atoms with E-state index in [0.717, 1.165) is 46.6 Å². The van der Waals surface area contributed by atoms with Crippen molar-refractivity contribution < 1.29 is 4.79 Å². The van der Waals surface area contributed by atoms with Gasteiger partial charge < -0.3 is 5.32 Å². The number of nitrogens with one attached hydrogen (secondary N) is 1. The highest BCUT2D eigenvalue weighted by Crippen LogP contribution is 2.33. The number of carbonyl (C=O) groups excluding carboxylic acids is 1. The molecule has 0 aromatic carbocycles. The van der Waals surface area contributed by atoms with E-state index in [1.807, 2.05) is 33.0 Å². The van der Waals surface area contributed by atoms with E-state index < -0.39 is 0 Å². The number of thiophene rings is 1. The van der Waals surface area contributed by atoms with Gasteiger partial charge in [0.05, 0.1) is 28.0 Å². The second-order valence-corrected chi connectivity index (χ2v) is 7.92. The molecule has 1 amide bonds. The molecule has 5 nitrogen and oxygen atoms in total. The summed E-state index contributed by atoms with van der Waals surface area (Å²) < 4.78 is 1.77. The first-order valence-electron chi connectivity index (χ1n) is 9.18. The molecule has 0 spiro atoms. The van der Waals surface area contributed by atoms with E-state index in [1.165, 1.54) is 4.88 Å². The van der Waals surface area contributed by atoms with Crippen molar-refractivity contribution in [1.29, 1.82) is 0 Å². The van der Waals surface area contributed by atoms with Crippen molar-refractivity contribution in [1.82, 2.24) is 14.6 Å². The Kier molecular flexibility index (Phi) is 5.41. The van der Waals surface area contributed by atoms with Crippen LogP contribution in [0.2, 0.25) is 0 Å². The number of anilines is 1. The molecule has 0 aliphatic carbocycles. The van der Waals surface area contributed by atoms with Crippen LogP contribution in [-0.4, -0.2) is 20.5 Å². The molecule has 0 saturated carbocycles. The summed E-state index contributed by atoms with van der Waals surface area (Å²) in [6.07, 6.45) is 5.29. The van der Waals surface area contributed by atoms with Crippen molar-refractivity contribution in [2.45, 2.75) is 59.8 Å². The largest absolute Gasteiger partial charge is 0.304 e. The maximum Gasteiger partial charge on any atom is 0.267 e. The molecule has 1 atom stereocenters. The monoisotopic (exact) mass is 370 g/mol. The van der Waals surface area contributed by atoms with Crippen molar-refractivity contribution in [2.24, 2.45) is 0 Å². The predicted molar refractivity (Wildman–Crippen MR) is 107 cm³/mol. The van der Waals surface area contributed by atoms with Crippen LogP contribution >= 0.6 is 11.3 Å². The number of nitrogens with zero attached hydrogens (tertiary/aromatic N) is 3. The van der Waals surface area contributed by atoms with Crippen molar-refractivity contribution >= 4 is 28.6 Å². The zero-order chi connectivity index (χ0) is 18.8. The summed E-state index contributed by atoms with van der Waals surface area (Å²) in [6, 6.07) is 4.04. The Morgan fingerprint density at radius 1 is 1.27 bits per heavy atom. The standard InChI is InChI=1S/C20H26N4OS/c1-6-8-15(7-2)17-9-12(3)19(26-17)20(25)22-18-10-16-14(5)21-13(4)11-24(16)23-18/h9-11,15H,6-8H2,1-5H3,(H,22,23,25). The fraction of sp³-hybridized carbons (Fsp3) is 0.450. The highest BCUT2D eigenvalue weighted by molar-refractivity contribution is 7.14. The second kappa shape index (κ2) is 7.58. The number of amides is 1. The first-order chi connectivity index (χ1) is 12.4. The molecule has 26 heavy (non-hydrogen) atoms. The number of aromatic nitrogens is 3. The molecule has 0 fully saturated rings. The van der Waals surface area contributed by atoms with Crippen LogP contribution in [0.15, 0.2) is 18.3 Å². The van der Waals surface area contributed by atoms with Gasteiger partial charge in [0.15, 0.2) is 5.82 Å². The minimum absolute atomic E-state index is 0.0872. The molecule has 0 aliphatic heterocycles. The Hall–Kier alpha value is -2.21. The Morgan fingerprint density at radius 3 is 2.73 bits per heavy atom. The van der Waals surface area contributed by atoms with Crippen LogP contribution in [0.5, 0.6) is 0 Å². The number of hydrogen-bond acceptors (Lipinski definition) is 4. The average molecular weight is 371 g/mol. The third-order valence-electron chi connectivity index (χ3n) is 4.68. The summed E-state index contributed by atoms with van der Waals surface area (Å²) in [6.45, 7) is 10.3. The van der Waals surface area contributed by atoms with Crippen LogP contribution in [-0.2, 0) is 0 Å². The van der Waals surface area contributed by atoms with E-state index in [2.05, 4.69) is 35.3 Å². The highest BCUT2D eigenvalue weighted by atomic mass is 32.1. The van der Waals surface area contributed by atoms with Gasteiger partial charge in [0.2, 0.25) is 0 Å². The zero-order valence-corrected chi connectivity index (χ0v) is 16.9. The molecule has 6 heteroatoms. The van der Waals surface area contributed by atoms with Crippen LogP contribution in [0.25, 0.3) is 5.52 Å². The minimum atomic E-state index is -0.0872. The summed E-state index contributed by atoms with van der Waals surface area (Å²) in [4.78, 5) is 19.3. The Labute approximate surface area is 158 Å². The summed E-state index contributed by atoms with van der Waals surface area (Å²) in [5.41, 5.74) is 3.74. The fourth-order valence-corrected chi connectivity index (χ4v) is 4.64. The SMILES string of the molecule is CCCC(CC)c1cc(C)c(C(=O)Nc2cc3c(C)nc(C)cn3n2)s1. The van der Waals surface area contributed by atoms with Crippen LogP contribution in [0.4, 0.5) is 5.82 Å². The molecule has 3 aromatic rings. The van der Waals surface area contributed by atoms with Gasteiger partial charge in [-0.1, -0.05) is 20.3 Å². The van der Waals surface area contributed by atoms with Gasteiger partial charge in [-0.15, -0.1) is 16.4 Å². The number of rotatable bonds is 6. The molecule has 0 bridgehead atoms. The summed E-state index contributed by atoms with van der Waals surface area (Å²) in [5.74, 6) is 1.01. The van der Waals surface area contributed by atoms with E-state index >= 15 is 0 Å². The maximum absolute atomic E-state index is 12.8. The lowest BCUT2D eigenvalue weighted by Gasteiger charge is -2.10. The van der Waals surface area contributed by atoms with Gasteiger partial charge in [0.25, 0.3) is 5.91 Å². The van der Waals surface area contributed by atoms with Crippen molar-refractivity contribution in [3.63, 3.8) is 0 Å². The molecular formula is C20H26N4OS. The molecule has 0 aliphatic rings. The Morgan fingerprint density at radius 2 is 2.04 bits per heavy atom.